The number of aryl methyl sites for hydroxylation is 1. The first-order valence-electron chi connectivity index (χ1n) is 6.53. The van der Waals surface area contributed by atoms with Crippen LogP contribution in [-0.4, -0.2) is 12.5 Å². The summed E-state index contributed by atoms with van der Waals surface area (Å²) in [5, 5.41) is 7.75. The summed E-state index contributed by atoms with van der Waals surface area (Å²) in [5.41, 5.74) is 2.86. The Hall–Kier alpha value is -1.72. The number of thiophene rings is 1. The fraction of sp³-hybridized carbons (Fsp3) is 0.267. The normalized spacial score (nSPS) is 13.9. The van der Waals surface area contributed by atoms with Gasteiger partial charge in [-0.15, -0.1) is 11.3 Å². The minimum atomic E-state index is -0.299. The Labute approximate surface area is 120 Å². The Kier molecular flexibility index (Phi) is 3.54. The summed E-state index contributed by atoms with van der Waals surface area (Å²) in [6.07, 6.45) is 0.656. The molecule has 1 aliphatic rings. The maximum Gasteiger partial charge on any atom is 0.266 e. The van der Waals surface area contributed by atoms with Gasteiger partial charge in [-0.2, -0.15) is 0 Å². The molecule has 2 heterocycles. The number of benzene rings is 1. The molecule has 3 nitrogen and oxygen atoms in total. The molecule has 3 rings (SSSR count). The average molecular weight is 290 g/mol. The molecule has 20 heavy (non-hydrogen) atoms. The van der Waals surface area contributed by atoms with Crippen molar-refractivity contribution in [3.8, 4) is 0 Å². The van der Waals surface area contributed by atoms with E-state index in [0.29, 0.717) is 23.4 Å². The molecule has 2 aromatic rings. The van der Waals surface area contributed by atoms with Crippen LogP contribution in [0.1, 0.15) is 26.4 Å². The minimum Gasteiger partial charge on any atom is -0.319 e. The van der Waals surface area contributed by atoms with Crippen LogP contribution in [0.5, 0.6) is 0 Å². The van der Waals surface area contributed by atoms with Crippen molar-refractivity contribution in [3.05, 3.63) is 51.0 Å². The molecule has 0 radical (unpaired) electrons. The molecule has 1 aromatic carbocycles. The van der Waals surface area contributed by atoms with Crippen LogP contribution in [-0.2, 0) is 13.0 Å². The van der Waals surface area contributed by atoms with E-state index in [4.69, 9.17) is 0 Å². The van der Waals surface area contributed by atoms with E-state index in [1.54, 1.807) is 6.07 Å². The highest BCUT2D eigenvalue weighted by atomic mass is 32.1. The summed E-state index contributed by atoms with van der Waals surface area (Å²) < 4.78 is 14.4. The van der Waals surface area contributed by atoms with E-state index in [-0.39, 0.29) is 17.4 Å². The fourth-order valence-electron chi connectivity index (χ4n) is 2.41. The molecule has 0 saturated heterocycles. The maximum atomic E-state index is 14.4. The third kappa shape index (κ3) is 2.34. The molecule has 0 fully saturated rings. The molecule has 1 aromatic heterocycles. The number of nitrogens with one attached hydrogen (secondary N) is 2. The first-order chi connectivity index (χ1) is 9.66. The van der Waals surface area contributed by atoms with Crippen molar-refractivity contribution in [1.29, 1.82) is 0 Å². The number of halogens is 1. The molecule has 1 amide bonds. The summed E-state index contributed by atoms with van der Waals surface area (Å²) in [6, 6.07) is 5.40. The third-order valence-corrected chi connectivity index (χ3v) is 4.54. The van der Waals surface area contributed by atoms with Gasteiger partial charge in [0, 0.05) is 6.54 Å². The summed E-state index contributed by atoms with van der Waals surface area (Å²) in [5.74, 6) is -0.545. The Morgan fingerprint density at radius 1 is 1.40 bits per heavy atom. The molecule has 0 saturated carbocycles. The average Bonchev–Trinajstić information content (AvgIpc) is 2.88. The van der Waals surface area contributed by atoms with Gasteiger partial charge in [-0.3, -0.25) is 4.79 Å². The summed E-state index contributed by atoms with van der Waals surface area (Å²) >= 11 is 1.37. The second-order valence-corrected chi connectivity index (χ2v) is 5.79. The molecule has 0 atom stereocenters. The highest BCUT2D eigenvalue weighted by Gasteiger charge is 2.18. The standard InChI is InChI=1S/C15H15FN2OS/c1-9-5-7-20-14(9)15(19)18-12-3-2-10-8-17-6-4-11(10)13(12)16/h2-3,5,7,17H,4,6,8H2,1H3,(H,18,19). The van der Waals surface area contributed by atoms with Crippen LogP contribution in [0.15, 0.2) is 23.6 Å². The molecule has 5 heteroatoms. The van der Waals surface area contributed by atoms with Gasteiger partial charge in [-0.25, -0.2) is 4.39 Å². The van der Waals surface area contributed by atoms with Gasteiger partial charge in [0.05, 0.1) is 10.6 Å². The van der Waals surface area contributed by atoms with Crippen molar-refractivity contribution in [1.82, 2.24) is 5.32 Å². The van der Waals surface area contributed by atoms with E-state index in [2.05, 4.69) is 10.6 Å². The number of fused-ring (bicyclic) bond motifs is 1. The van der Waals surface area contributed by atoms with Gasteiger partial charge in [-0.1, -0.05) is 6.07 Å². The second kappa shape index (κ2) is 5.34. The molecular formula is C15H15FN2OS. The Morgan fingerprint density at radius 3 is 3.00 bits per heavy atom. The Morgan fingerprint density at radius 2 is 2.25 bits per heavy atom. The van der Waals surface area contributed by atoms with Crippen molar-refractivity contribution in [2.75, 3.05) is 11.9 Å². The van der Waals surface area contributed by atoms with Crippen molar-refractivity contribution >= 4 is 22.9 Å². The smallest absolute Gasteiger partial charge is 0.266 e. The SMILES string of the molecule is Cc1ccsc1C(=O)Nc1ccc2c(c1F)CCNC2. The molecule has 0 spiro atoms. The lowest BCUT2D eigenvalue weighted by Gasteiger charge is -2.19. The molecule has 0 aliphatic carbocycles. The van der Waals surface area contributed by atoms with Crippen LogP contribution in [0.3, 0.4) is 0 Å². The zero-order valence-corrected chi connectivity index (χ0v) is 11.9. The number of carbonyl (C=O) groups excluding carboxylic acids is 1. The molecule has 2 N–H and O–H groups in total. The zero-order chi connectivity index (χ0) is 14.1. The molecular weight excluding hydrogens is 275 g/mol. The lowest BCUT2D eigenvalue weighted by atomic mass is 9.99. The van der Waals surface area contributed by atoms with Gasteiger partial charge >= 0.3 is 0 Å². The van der Waals surface area contributed by atoms with E-state index in [1.807, 2.05) is 24.4 Å². The first kappa shape index (κ1) is 13.3. The highest BCUT2D eigenvalue weighted by Crippen LogP contribution is 2.26. The predicted molar refractivity (Wildman–Crippen MR) is 78.8 cm³/mol. The highest BCUT2D eigenvalue weighted by molar-refractivity contribution is 7.12. The fourth-order valence-corrected chi connectivity index (χ4v) is 3.23. The number of hydrogen-bond acceptors (Lipinski definition) is 3. The second-order valence-electron chi connectivity index (χ2n) is 4.88. The Balaban J connectivity index is 1.88. The molecule has 0 bridgehead atoms. The van der Waals surface area contributed by atoms with E-state index >= 15 is 0 Å². The monoisotopic (exact) mass is 290 g/mol. The topological polar surface area (TPSA) is 41.1 Å². The van der Waals surface area contributed by atoms with Crippen LogP contribution in [0.4, 0.5) is 10.1 Å². The number of anilines is 1. The van der Waals surface area contributed by atoms with Gasteiger partial charge in [0.15, 0.2) is 0 Å². The number of carbonyl (C=O) groups is 1. The van der Waals surface area contributed by atoms with Crippen molar-refractivity contribution in [2.24, 2.45) is 0 Å². The largest absolute Gasteiger partial charge is 0.319 e. The minimum absolute atomic E-state index is 0.245. The predicted octanol–water partition coefficient (Wildman–Crippen LogP) is 3.09. The number of amides is 1. The van der Waals surface area contributed by atoms with Crippen LogP contribution in [0, 0.1) is 12.7 Å². The van der Waals surface area contributed by atoms with Crippen LogP contribution in [0.25, 0.3) is 0 Å². The van der Waals surface area contributed by atoms with Crippen LogP contribution >= 0.6 is 11.3 Å². The van der Waals surface area contributed by atoms with E-state index in [1.165, 1.54) is 11.3 Å². The summed E-state index contributed by atoms with van der Waals surface area (Å²) in [7, 11) is 0. The van der Waals surface area contributed by atoms with Crippen LogP contribution < -0.4 is 10.6 Å². The van der Waals surface area contributed by atoms with Gasteiger partial charge < -0.3 is 10.6 Å². The molecule has 1 aliphatic heterocycles. The number of hydrogen-bond donors (Lipinski definition) is 2. The summed E-state index contributed by atoms with van der Waals surface area (Å²) in [4.78, 5) is 12.8. The maximum absolute atomic E-state index is 14.4. The van der Waals surface area contributed by atoms with Crippen LogP contribution in [0.2, 0.25) is 0 Å². The number of rotatable bonds is 2. The zero-order valence-electron chi connectivity index (χ0n) is 11.1. The van der Waals surface area contributed by atoms with E-state index in [0.717, 1.165) is 17.7 Å². The van der Waals surface area contributed by atoms with Crippen molar-refractivity contribution in [2.45, 2.75) is 19.9 Å². The van der Waals surface area contributed by atoms with Gasteiger partial charge in [0.25, 0.3) is 5.91 Å². The molecule has 0 unspecified atom stereocenters. The van der Waals surface area contributed by atoms with E-state index in [9.17, 15) is 9.18 Å². The van der Waals surface area contributed by atoms with Gasteiger partial charge in [-0.05, 0) is 54.1 Å². The van der Waals surface area contributed by atoms with E-state index < -0.39 is 0 Å². The third-order valence-electron chi connectivity index (χ3n) is 3.52. The quantitative estimate of drug-likeness (QED) is 0.892. The first-order valence-corrected chi connectivity index (χ1v) is 7.41. The molecule has 104 valence electrons. The van der Waals surface area contributed by atoms with Crippen molar-refractivity contribution < 1.29 is 9.18 Å². The van der Waals surface area contributed by atoms with Gasteiger partial charge in [0.2, 0.25) is 0 Å². The Bertz CT molecular complexity index is 666. The summed E-state index contributed by atoms with van der Waals surface area (Å²) in [6.45, 7) is 3.33. The lowest BCUT2D eigenvalue weighted by Crippen LogP contribution is -2.25. The van der Waals surface area contributed by atoms with Gasteiger partial charge in [0.1, 0.15) is 5.82 Å². The lowest BCUT2D eigenvalue weighted by molar-refractivity contribution is 0.102. The van der Waals surface area contributed by atoms with Crippen molar-refractivity contribution in [3.63, 3.8) is 0 Å².